The van der Waals surface area contributed by atoms with E-state index in [-0.39, 0.29) is 5.97 Å². The van der Waals surface area contributed by atoms with Crippen molar-refractivity contribution >= 4 is 56.1 Å². The van der Waals surface area contributed by atoms with Crippen LogP contribution in [0.5, 0.6) is 5.75 Å². The number of hydrogen-bond acceptors (Lipinski definition) is 2. The molecule has 0 heterocycles. The average molecular weight is 451 g/mol. The number of halogens is 3. The van der Waals surface area contributed by atoms with E-state index in [1.165, 1.54) is 0 Å². The van der Waals surface area contributed by atoms with Gasteiger partial charge in [0.25, 0.3) is 0 Å². The molecule has 0 aliphatic rings. The lowest BCUT2D eigenvalue weighted by atomic mass is 10.1. The van der Waals surface area contributed by atoms with Crippen LogP contribution < -0.4 is 4.74 Å². The first-order valence-corrected chi connectivity index (χ1v) is 7.66. The SMILES string of the molecule is Cc1ccc(C(=O)Oc2ccc(Cl)cc2Br)cc1I. The molecule has 0 atom stereocenters. The van der Waals surface area contributed by atoms with Crippen LogP contribution in [-0.4, -0.2) is 5.97 Å². The topological polar surface area (TPSA) is 26.3 Å². The van der Waals surface area contributed by atoms with Crippen molar-refractivity contribution in [3.8, 4) is 5.75 Å². The first-order chi connectivity index (χ1) is 8.97. The van der Waals surface area contributed by atoms with Crippen molar-refractivity contribution < 1.29 is 9.53 Å². The maximum Gasteiger partial charge on any atom is 0.343 e. The molecule has 2 nitrogen and oxygen atoms in total. The second-order valence-corrected chi connectivity index (χ2v) is 6.38. The molecule has 19 heavy (non-hydrogen) atoms. The number of ether oxygens (including phenoxy) is 1. The molecule has 98 valence electrons. The van der Waals surface area contributed by atoms with Gasteiger partial charge in [0.1, 0.15) is 5.75 Å². The van der Waals surface area contributed by atoms with Gasteiger partial charge in [0, 0.05) is 8.59 Å². The highest BCUT2D eigenvalue weighted by Gasteiger charge is 2.12. The number of rotatable bonds is 2. The zero-order valence-corrected chi connectivity index (χ0v) is 14.4. The summed E-state index contributed by atoms with van der Waals surface area (Å²) in [7, 11) is 0. The first kappa shape index (κ1) is 14.8. The molecule has 0 aliphatic carbocycles. The lowest BCUT2D eigenvalue weighted by Gasteiger charge is -2.07. The van der Waals surface area contributed by atoms with Gasteiger partial charge >= 0.3 is 5.97 Å². The molecule has 0 bridgehead atoms. The normalized spacial score (nSPS) is 10.3. The van der Waals surface area contributed by atoms with Gasteiger partial charge in [-0.25, -0.2) is 4.79 Å². The Balaban J connectivity index is 2.23. The second kappa shape index (κ2) is 6.24. The molecule has 5 heteroatoms. The molecule has 0 aromatic heterocycles. The summed E-state index contributed by atoms with van der Waals surface area (Å²) in [5.74, 6) is 0.0610. The van der Waals surface area contributed by atoms with E-state index in [0.29, 0.717) is 20.8 Å². The Morgan fingerprint density at radius 1 is 1.26 bits per heavy atom. The van der Waals surface area contributed by atoms with Crippen LogP contribution in [-0.2, 0) is 0 Å². The van der Waals surface area contributed by atoms with Gasteiger partial charge in [-0.2, -0.15) is 0 Å². The molecule has 2 aromatic rings. The maximum absolute atomic E-state index is 12.0. The molecule has 0 radical (unpaired) electrons. The molecule has 0 N–H and O–H groups in total. The number of esters is 1. The summed E-state index contributed by atoms with van der Waals surface area (Å²) < 4.78 is 7.01. The standard InChI is InChI=1S/C14H9BrClIO2/c1-8-2-3-9(6-12(8)17)14(18)19-13-5-4-10(16)7-11(13)15/h2-7H,1H3. The Labute approximate surface area is 138 Å². The Kier molecular flexibility index (Phi) is 4.86. The third-order valence-electron chi connectivity index (χ3n) is 2.50. The summed E-state index contributed by atoms with van der Waals surface area (Å²) in [6.45, 7) is 1.99. The average Bonchev–Trinajstić information content (AvgIpc) is 2.36. The van der Waals surface area contributed by atoms with Crippen LogP contribution in [0.4, 0.5) is 0 Å². The molecule has 0 aliphatic heterocycles. The van der Waals surface area contributed by atoms with Gasteiger partial charge in [0.15, 0.2) is 0 Å². The summed E-state index contributed by atoms with van der Waals surface area (Å²) in [5.41, 5.74) is 1.65. The van der Waals surface area contributed by atoms with Gasteiger partial charge in [-0.3, -0.25) is 0 Å². The highest BCUT2D eigenvalue weighted by atomic mass is 127. The van der Waals surface area contributed by atoms with E-state index in [4.69, 9.17) is 16.3 Å². The molecule has 0 spiro atoms. The van der Waals surface area contributed by atoms with Crippen LogP contribution in [0.15, 0.2) is 40.9 Å². The van der Waals surface area contributed by atoms with Crippen LogP contribution in [0.25, 0.3) is 0 Å². The zero-order chi connectivity index (χ0) is 14.0. The zero-order valence-electron chi connectivity index (χ0n) is 9.91. The third-order valence-corrected chi connectivity index (χ3v) is 4.52. The summed E-state index contributed by atoms with van der Waals surface area (Å²) in [5, 5.41) is 0.580. The van der Waals surface area contributed by atoms with E-state index in [1.807, 2.05) is 19.1 Å². The van der Waals surface area contributed by atoms with E-state index in [1.54, 1.807) is 24.3 Å². The van der Waals surface area contributed by atoms with Crippen molar-refractivity contribution in [2.75, 3.05) is 0 Å². The highest BCUT2D eigenvalue weighted by molar-refractivity contribution is 14.1. The fraction of sp³-hybridized carbons (Fsp3) is 0.0714. The van der Waals surface area contributed by atoms with Crippen molar-refractivity contribution in [3.63, 3.8) is 0 Å². The summed E-state index contributed by atoms with van der Waals surface area (Å²) in [4.78, 5) is 12.0. The number of hydrogen-bond donors (Lipinski definition) is 0. The fourth-order valence-electron chi connectivity index (χ4n) is 1.44. The van der Waals surface area contributed by atoms with Crippen molar-refractivity contribution in [2.24, 2.45) is 0 Å². The number of benzene rings is 2. The smallest absolute Gasteiger partial charge is 0.343 e. The van der Waals surface area contributed by atoms with Gasteiger partial charge < -0.3 is 4.74 Å². The van der Waals surface area contributed by atoms with E-state index in [9.17, 15) is 4.79 Å². The Morgan fingerprint density at radius 3 is 2.63 bits per heavy atom. The summed E-state index contributed by atoms with van der Waals surface area (Å²) >= 11 is 11.3. The number of aryl methyl sites for hydroxylation is 1. The lowest BCUT2D eigenvalue weighted by Crippen LogP contribution is -2.09. The van der Waals surface area contributed by atoms with Crippen molar-refractivity contribution in [2.45, 2.75) is 6.92 Å². The molecule has 0 fully saturated rings. The van der Waals surface area contributed by atoms with Gasteiger partial charge in [0.2, 0.25) is 0 Å². The van der Waals surface area contributed by atoms with Crippen molar-refractivity contribution in [3.05, 3.63) is 60.6 Å². The number of carbonyl (C=O) groups excluding carboxylic acids is 1. The van der Waals surface area contributed by atoms with Crippen molar-refractivity contribution in [1.82, 2.24) is 0 Å². The molecular formula is C14H9BrClIO2. The van der Waals surface area contributed by atoms with Crippen LogP contribution in [0, 0.1) is 10.5 Å². The highest BCUT2D eigenvalue weighted by Crippen LogP contribution is 2.28. The van der Waals surface area contributed by atoms with Gasteiger partial charge in [-0.1, -0.05) is 17.7 Å². The molecule has 2 rings (SSSR count). The minimum atomic E-state index is -0.388. The van der Waals surface area contributed by atoms with Crippen molar-refractivity contribution in [1.29, 1.82) is 0 Å². The molecule has 2 aromatic carbocycles. The van der Waals surface area contributed by atoms with Crippen LogP contribution in [0.3, 0.4) is 0 Å². The fourth-order valence-corrected chi connectivity index (χ4v) is 2.72. The molecule has 0 saturated heterocycles. The van der Waals surface area contributed by atoms with Crippen LogP contribution >= 0.6 is 50.1 Å². The predicted molar refractivity (Wildman–Crippen MR) is 88.0 cm³/mol. The maximum atomic E-state index is 12.0. The Morgan fingerprint density at radius 2 is 2.00 bits per heavy atom. The van der Waals surface area contributed by atoms with Crippen LogP contribution in [0.2, 0.25) is 5.02 Å². The van der Waals surface area contributed by atoms with Gasteiger partial charge in [-0.15, -0.1) is 0 Å². The molecule has 0 unspecified atom stereocenters. The second-order valence-electron chi connectivity index (χ2n) is 3.93. The first-order valence-electron chi connectivity index (χ1n) is 5.41. The summed E-state index contributed by atoms with van der Waals surface area (Å²) in [6.07, 6.45) is 0. The lowest BCUT2D eigenvalue weighted by molar-refractivity contribution is 0.0733. The van der Waals surface area contributed by atoms with Gasteiger partial charge in [0.05, 0.1) is 10.0 Å². The van der Waals surface area contributed by atoms with Gasteiger partial charge in [-0.05, 0) is 81.3 Å². The Bertz CT molecular complexity index is 643. The molecule has 0 amide bonds. The minimum Gasteiger partial charge on any atom is -0.422 e. The van der Waals surface area contributed by atoms with Crippen LogP contribution in [0.1, 0.15) is 15.9 Å². The molecule has 0 saturated carbocycles. The van der Waals surface area contributed by atoms with E-state index < -0.39 is 0 Å². The minimum absolute atomic E-state index is 0.388. The predicted octanol–water partition coefficient (Wildman–Crippen LogP) is 5.23. The van der Waals surface area contributed by atoms with E-state index in [0.717, 1.165) is 9.13 Å². The van der Waals surface area contributed by atoms with E-state index in [2.05, 4.69) is 38.5 Å². The Hall–Kier alpha value is -0.590. The third kappa shape index (κ3) is 3.70. The molecular weight excluding hydrogens is 442 g/mol. The monoisotopic (exact) mass is 450 g/mol. The van der Waals surface area contributed by atoms with E-state index >= 15 is 0 Å². The summed E-state index contributed by atoms with van der Waals surface area (Å²) in [6, 6.07) is 10.5. The number of carbonyl (C=O) groups is 1. The quantitative estimate of drug-likeness (QED) is 0.355. The largest absolute Gasteiger partial charge is 0.422 e.